The number of carbonyl (C=O) groups is 5. The lowest BCUT2D eigenvalue weighted by atomic mass is 9.74. The van der Waals surface area contributed by atoms with E-state index in [1.807, 2.05) is 71.7 Å². The third-order valence-corrected chi connectivity index (χ3v) is 28.4. The summed E-state index contributed by atoms with van der Waals surface area (Å²) in [4.78, 5) is 82.7. The number of hydrogen-bond donors (Lipinski definition) is 6. The lowest BCUT2D eigenvalue weighted by Gasteiger charge is -2.28. The summed E-state index contributed by atoms with van der Waals surface area (Å²) in [5.41, 5.74) is 31.6. The Kier molecular flexibility index (Phi) is 22.1. The Balaban J connectivity index is 0.000000101. The zero-order chi connectivity index (χ0) is 93.0. The monoisotopic (exact) mass is 1850 g/mol. The number of ether oxygens (including phenoxy) is 11. The summed E-state index contributed by atoms with van der Waals surface area (Å²) in [6.07, 6.45) is 8.63. The van der Waals surface area contributed by atoms with E-state index in [0.29, 0.717) is 114 Å². The molecule has 10 aromatic carbocycles. The van der Waals surface area contributed by atoms with E-state index in [2.05, 4.69) is 64.8 Å². The van der Waals surface area contributed by atoms with Crippen LogP contribution in [0.25, 0.3) is 53.1 Å². The average Bonchev–Trinajstić information content (AvgIpc) is 1.68. The van der Waals surface area contributed by atoms with Crippen molar-refractivity contribution in [3.8, 4) is 46.0 Å². The fourth-order valence-corrected chi connectivity index (χ4v) is 22.5. The van der Waals surface area contributed by atoms with Gasteiger partial charge in [0.2, 0.25) is 0 Å². The van der Waals surface area contributed by atoms with Crippen molar-refractivity contribution in [2.45, 2.75) is 68.3 Å². The van der Waals surface area contributed by atoms with Gasteiger partial charge in [-0.15, -0.1) is 22.7 Å². The summed E-state index contributed by atoms with van der Waals surface area (Å²) in [6, 6.07) is 44.2. The highest BCUT2D eigenvalue weighted by Gasteiger charge is 2.46. The number of nitrogens with one attached hydrogen (secondary N) is 3. The van der Waals surface area contributed by atoms with Gasteiger partial charge in [0.15, 0.2) is 51.8 Å². The molecule has 0 amide bonds. The first-order valence-corrected chi connectivity index (χ1v) is 44.8. The molecule has 30 nitrogen and oxygen atoms in total. The van der Waals surface area contributed by atoms with Crippen LogP contribution in [0.3, 0.4) is 0 Å². The number of aromatic nitrogens is 8. The van der Waals surface area contributed by atoms with Gasteiger partial charge in [-0.05, 0) is 210 Å². The Morgan fingerprint density at radius 3 is 1.16 bits per heavy atom. The fourth-order valence-electron chi connectivity index (χ4n) is 20.7. The summed E-state index contributed by atoms with van der Waals surface area (Å²) < 4.78 is 74.5. The first-order chi connectivity index (χ1) is 65.7. The highest BCUT2D eigenvalue weighted by atomic mass is 32.1. The normalized spacial score (nSPS) is 18.4. The molecule has 0 saturated carbocycles. The predicted octanol–water partition coefficient (Wildman–Crippen LogP) is 16.0. The van der Waals surface area contributed by atoms with E-state index in [-0.39, 0.29) is 95.4 Å². The highest BCUT2D eigenvalue weighted by Crippen LogP contribution is 2.55. The van der Waals surface area contributed by atoms with Crippen molar-refractivity contribution in [1.82, 2.24) is 40.6 Å². The third-order valence-electron chi connectivity index (χ3n) is 26.7. The summed E-state index contributed by atoms with van der Waals surface area (Å²) in [5.74, 6) is -1.39. The van der Waals surface area contributed by atoms with E-state index in [4.69, 9.17) is 52.1 Å². The molecule has 5 aliphatic heterocycles. The number of phenolic OH excluding ortho intramolecular Hbond substituents is 2. The molecule has 33 heteroatoms. The quantitative estimate of drug-likeness (QED) is 0.0270. The molecule has 678 valence electrons. The standard InChI is InChI=1S/C22H19NO5S.C20H15FN2O3.C20H15N3O5.C20H16N2O4.C20H15NO4S/c1-26-16-7-12(6-13(8-24)20(16)27-2)17-18-11(3-4-15-21(18)29-10-23-15)5-14-9-28-22(25)19(14)17;1-25-15-7-11(4-5-14(15)21)16-17-10(2-3-12-8-22-23-19(12)17)6-13-9-26-20(24)18(13)16;1-27-15-5-4-11(7-14(15)23(25)26)16-17-10(2-3-12-8-21-22-19(12)17)6-13-9-28-20(24)18(13)16;1-25-15-5-4-11(7-14(15)23)16-17-10(2-3-12-8-21-22-19(12)17)6-13-9-26-20(24)18(13)16;1-24-15-7-11(3-5-14(15)22)16-17-10(2-4-13-19(17)26-9-21-13)6-12-8-25-20(23)18(12)16/h3-4,6-7,10,17,24H,5,8-9H2,1-2H3;2-5,7-8,16H,6,9H2,1H3,(H,22,23);2-5,7-8,16H,6,9H2,1H3,(H,21,22);2-5,7-8,16,23H,6,9H2,1H3,(H,21,22);2-5,7,9,16,22H,6,8H2,1H3. The minimum Gasteiger partial charge on any atom is -0.504 e. The smallest absolute Gasteiger partial charge is 0.335 e. The predicted molar refractivity (Wildman–Crippen MR) is 493 cm³/mol. The van der Waals surface area contributed by atoms with Gasteiger partial charge in [0.25, 0.3) is 0 Å². The van der Waals surface area contributed by atoms with Gasteiger partial charge in [0.1, 0.15) is 33.0 Å². The molecule has 0 saturated heterocycles. The van der Waals surface area contributed by atoms with E-state index < -0.39 is 16.7 Å². The van der Waals surface area contributed by atoms with Crippen LogP contribution in [0.1, 0.15) is 119 Å². The van der Waals surface area contributed by atoms with Crippen LogP contribution < -0.4 is 28.4 Å². The van der Waals surface area contributed by atoms with Gasteiger partial charge in [-0.2, -0.15) is 15.3 Å². The van der Waals surface area contributed by atoms with Crippen molar-refractivity contribution in [1.29, 1.82) is 0 Å². The van der Waals surface area contributed by atoms with Crippen molar-refractivity contribution in [3.05, 3.63) is 336 Å². The number of thiazole rings is 2. The van der Waals surface area contributed by atoms with Gasteiger partial charge in [-0.25, -0.2) is 38.3 Å². The Hall–Kier alpha value is -15.9. The topological polar surface area (TPSA) is 403 Å². The summed E-state index contributed by atoms with van der Waals surface area (Å²) in [6.45, 7) is 1.36. The zero-order valence-electron chi connectivity index (χ0n) is 73.0. The van der Waals surface area contributed by atoms with Gasteiger partial charge < -0.3 is 67.4 Å². The van der Waals surface area contributed by atoms with Crippen LogP contribution in [0.2, 0.25) is 0 Å². The molecule has 25 rings (SSSR count). The second-order valence-electron chi connectivity index (χ2n) is 33.6. The SMILES string of the molecule is COc1cc(C2C3=C(COC3=O)Cc3ccc4cn[nH]c4c32)ccc1F.COc1cc(C2C3=C(COC3=O)Cc3ccc4ncsc4c32)cc(CO)c1OC.COc1cc(C2C3=C(COC3=O)Cc3ccc4ncsc4c32)ccc1O.COc1ccc(C2C3=C(COC3=O)Cc3ccc4cn[nH]c4c32)cc1O.COc1ccc(C2C3=C(COC3=O)Cc3ccc4cn[nH]c4c32)cc1[N+](=O)[O-]. The molecule has 6 N–H and O–H groups in total. The Morgan fingerprint density at radius 1 is 0.400 bits per heavy atom. The minimum absolute atomic E-state index is 0.0439. The summed E-state index contributed by atoms with van der Waals surface area (Å²) in [7, 11) is 8.95. The van der Waals surface area contributed by atoms with Crippen LogP contribution in [-0.4, -0.2) is 166 Å². The van der Waals surface area contributed by atoms with Crippen LogP contribution >= 0.6 is 22.7 Å². The number of aromatic amines is 3. The first-order valence-electron chi connectivity index (χ1n) is 43.0. The van der Waals surface area contributed by atoms with Crippen molar-refractivity contribution in [2.24, 2.45) is 0 Å². The largest absolute Gasteiger partial charge is 0.504 e. The second kappa shape index (κ2) is 34.7. The number of phenols is 2. The number of rotatable bonds is 13. The van der Waals surface area contributed by atoms with Gasteiger partial charge in [0.05, 0.1) is 149 Å². The number of nitro groups is 1. The number of H-pyrrole nitrogens is 3. The number of esters is 5. The minimum atomic E-state index is -0.481. The molecule has 0 spiro atoms. The van der Waals surface area contributed by atoms with Crippen LogP contribution in [0, 0.1) is 15.9 Å². The summed E-state index contributed by atoms with van der Waals surface area (Å²) in [5, 5.41) is 66.1. The number of benzene rings is 10. The van der Waals surface area contributed by atoms with E-state index in [9.17, 15) is 53.8 Å². The van der Waals surface area contributed by atoms with Gasteiger partial charge in [-0.1, -0.05) is 72.8 Å². The molecule has 0 bridgehead atoms. The molecule has 10 aliphatic rings. The van der Waals surface area contributed by atoms with Gasteiger partial charge in [-0.3, -0.25) is 25.4 Å². The van der Waals surface area contributed by atoms with Crippen LogP contribution in [-0.2, 0) is 86.4 Å². The maximum atomic E-state index is 13.9. The van der Waals surface area contributed by atoms with E-state index in [0.717, 1.165) is 154 Å². The molecule has 0 fully saturated rings. The molecule has 5 aliphatic carbocycles. The van der Waals surface area contributed by atoms with Crippen LogP contribution in [0.5, 0.6) is 46.0 Å². The third kappa shape index (κ3) is 14.6. The number of methoxy groups -OCH3 is 6. The molecule has 15 aromatic rings. The maximum Gasteiger partial charge on any atom is 0.335 e. The summed E-state index contributed by atoms with van der Waals surface area (Å²) >= 11 is 3.15. The zero-order valence-corrected chi connectivity index (χ0v) is 74.6. The van der Waals surface area contributed by atoms with Crippen LogP contribution in [0.4, 0.5) is 10.1 Å². The van der Waals surface area contributed by atoms with Crippen molar-refractivity contribution in [3.63, 3.8) is 0 Å². The van der Waals surface area contributed by atoms with Crippen LogP contribution in [0.15, 0.2) is 231 Å². The molecule has 10 heterocycles. The highest BCUT2D eigenvalue weighted by molar-refractivity contribution is 7.17. The number of fused-ring (bicyclic) bond motifs is 15. The van der Waals surface area contributed by atoms with Gasteiger partial charge in [0, 0.05) is 57.4 Å². The number of aliphatic hydroxyl groups excluding tert-OH is 1. The number of aromatic hydroxyl groups is 2. The van der Waals surface area contributed by atoms with Crippen molar-refractivity contribution < 1.29 is 101 Å². The first kappa shape index (κ1) is 85.9. The second-order valence-corrected chi connectivity index (χ2v) is 35.3. The van der Waals surface area contributed by atoms with E-state index >= 15 is 0 Å². The van der Waals surface area contributed by atoms with E-state index in [1.165, 1.54) is 51.7 Å². The van der Waals surface area contributed by atoms with Gasteiger partial charge >= 0.3 is 35.5 Å². The van der Waals surface area contributed by atoms with Crippen molar-refractivity contribution >= 4 is 111 Å². The number of halogens is 1. The number of carbonyl (C=O) groups excluding carboxylic acids is 5. The molecule has 5 atom stereocenters. The molecule has 0 radical (unpaired) electrons. The lowest BCUT2D eigenvalue weighted by Crippen LogP contribution is -2.18. The number of hydrogen-bond acceptors (Lipinski definition) is 28. The molecule has 135 heavy (non-hydrogen) atoms. The van der Waals surface area contributed by atoms with E-state index in [1.54, 1.807) is 104 Å². The number of nitro benzene ring substituents is 1. The number of cyclic esters (lactones) is 5. The van der Waals surface area contributed by atoms with Crippen molar-refractivity contribution in [2.75, 3.05) is 75.7 Å². The molecule has 5 unspecified atom stereocenters. The molecular weight excluding hydrogens is 1770 g/mol. The number of nitrogens with zero attached hydrogens (tertiary/aromatic N) is 6. The lowest BCUT2D eigenvalue weighted by molar-refractivity contribution is -0.385. The maximum absolute atomic E-state index is 13.9. The molecular formula is C102H80FN9O21S2. The Bertz CT molecular complexity index is 7560. The fraction of sp³-hybridized carbons (Fsp3) is 0.216. The Labute approximate surface area is 774 Å². The number of aliphatic hydroxyl groups is 1. The molecule has 5 aromatic heterocycles. The average molecular weight is 1850 g/mol. The Morgan fingerprint density at radius 2 is 0.756 bits per heavy atom.